The largest absolute Gasteiger partial charge is 0.294 e. The van der Waals surface area contributed by atoms with Crippen LogP contribution in [0, 0.1) is 0 Å². The maximum Gasteiger partial charge on any atom is 0.162 e. The van der Waals surface area contributed by atoms with Crippen molar-refractivity contribution in [3.8, 4) is 0 Å². The van der Waals surface area contributed by atoms with Gasteiger partial charge in [0.05, 0.1) is 11.1 Å². The number of hydrogen-bond donors (Lipinski definition) is 0. The Morgan fingerprint density at radius 2 is 2.06 bits per heavy atom. The van der Waals surface area contributed by atoms with E-state index in [-0.39, 0.29) is 10.9 Å². The van der Waals surface area contributed by atoms with Crippen LogP contribution in [0.2, 0.25) is 5.15 Å². The quantitative estimate of drug-likeness (QED) is 0.588. The van der Waals surface area contributed by atoms with Crippen LogP contribution < -0.4 is 0 Å². The van der Waals surface area contributed by atoms with E-state index in [1.54, 1.807) is 0 Å². The first-order valence-electron chi connectivity index (χ1n) is 5.61. The number of ketones is 1. The molecule has 2 nitrogen and oxygen atoms in total. The van der Waals surface area contributed by atoms with Gasteiger partial charge in [-0.15, -0.1) is 0 Å². The summed E-state index contributed by atoms with van der Waals surface area (Å²) >= 11 is 6.04. The van der Waals surface area contributed by atoms with E-state index in [2.05, 4.69) is 18.8 Å². The third-order valence-corrected chi connectivity index (χ3v) is 3.12. The van der Waals surface area contributed by atoms with Crippen LogP contribution in [-0.4, -0.2) is 10.8 Å². The molecular weight excluding hydrogens is 234 g/mol. The predicted molar refractivity (Wildman–Crippen MR) is 70.8 cm³/mol. The molecule has 0 bridgehead atoms. The molecule has 0 unspecified atom stereocenters. The molecule has 1 heterocycles. The molecule has 0 fully saturated rings. The Balaban J connectivity index is 2.78. The van der Waals surface area contributed by atoms with E-state index in [0.29, 0.717) is 11.5 Å². The van der Waals surface area contributed by atoms with Gasteiger partial charge in [-0.2, -0.15) is 0 Å². The number of para-hydroxylation sites is 1. The minimum Gasteiger partial charge on any atom is -0.294 e. The molecule has 0 saturated heterocycles. The molecule has 0 N–H and O–H groups in total. The first-order chi connectivity index (χ1) is 8.00. The number of carbonyl (C=O) groups is 1. The molecule has 0 saturated carbocycles. The van der Waals surface area contributed by atoms with E-state index < -0.39 is 0 Å². The zero-order valence-electron chi connectivity index (χ0n) is 10.1. The summed E-state index contributed by atoms with van der Waals surface area (Å²) < 4.78 is 0. The number of fused-ring (bicyclic) bond motifs is 1. The lowest BCUT2D eigenvalue weighted by Crippen LogP contribution is -1.98. The zero-order chi connectivity index (χ0) is 12.6. The Morgan fingerprint density at radius 1 is 1.35 bits per heavy atom. The normalized spacial score (nSPS) is 11.1. The topological polar surface area (TPSA) is 30.0 Å². The van der Waals surface area contributed by atoms with E-state index >= 15 is 0 Å². The molecule has 0 radical (unpaired) electrons. The van der Waals surface area contributed by atoms with Gasteiger partial charge in [-0.05, 0) is 24.5 Å². The average molecular weight is 248 g/mol. The fraction of sp³-hybridized carbons (Fsp3) is 0.286. The lowest BCUT2D eigenvalue weighted by Gasteiger charge is -2.10. The summed E-state index contributed by atoms with van der Waals surface area (Å²) in [6.45, 7) is 5.73. The van der Waals surface area contributed by atoms with Crippen LogP contribution in [0.25, 0.3) is 10.9 Å². The van der Waals surface area contributed by atoms with Gasteiger partial charge < -0.3 is 0 Å². The molecule has 0 aliphatic heterocycles. The maximum atomic E-state index is 11.4. The summed E-state index contributed by atoms with van der Waals surface area (Å²) in [5.74, 6) is 0.324. The Morgan fingerprint density at radius 3 is 2.65 bits per heavy atom. The number of benzene rings is 1. The van der Waals surface area contributed by atoms with Crippen molar-refractivity contribution >= 4 is 28.3 Å². The van der Waals surface area contributed by atoms with Crippen LogP contribution in [0.5, 0.6) is 0 Å². The highest BCUT2D eigenvalue weighted by Gasteiger charge is 2.12. The summed E-state index contributed by atoms with van der Waals surface area (Å²) in [5.41, 5.74) is 2.53. The fourth-order valence-corrected chi connectivity index (χ4v) is 2.18. The Labute approximate surface area is 106 Å². The van der Waals surface area contributed by atoms with Crippen molar-refractivity contribution in [3.63, 3.8) is 0 Å². The van der Waals surface area contributed by atoms with E-state index in [4.69, 9.17) is 11.6 Å². The average Bonchev–Trinajstić information content (AvgIpc) is 2.26. The van der Waals surface area contributed by atoms with Crippen LogP contribution in [0.3, 0.4) is 0 Å². The van der Waals surface area contributed by atoms with Gasteiger partial charge in [-0.3, -0.25) is 4.79 Å². The number of hydrogen-bond acceptors (Lipinski definition) is 2. The minimum absolute atomic E-state index is 0.0562. The zero-order valence-corrected chi connectivity index (χ0v) is 10.9. The fourth-order valence-electron chi connectivity index (χ4n) is 1.91. The van der Waals surface area contributed by atoms with Gasteiger partial charge in [0.1, 0.15) is 5.15 Å². The molecule has 2 rings (SSSR count). The number of carbonyl (C=O) groups excluding carboxylic acids is 1. The second-order valence-corrected chi connectivity index (χ2v) is 4.81. The van der Waals surface area contributed by atoms with Gasteiger partial charge in [0.15, 0.2) is 5.78 Å². The SMILES string of the molecule is CC(=O)c1cc2cccc(C(C)C)c2nc1Cl. The predicted octanol–water partition coefficient (Wildman–Crippen LogP) is 4.21. The van der Waals surface area contributed by atoms with Gasteiger partial charge in [0.2, 0.25) is 0 Å². The van der Waals surface area contributed by atoms with Crippen LogP contribution in [0.4, 0.5) is 0 Å². The molecule has 1 aromatic heterocycles. The first-order valence-corrected chi connectivity index (χ1v) is 5.98. The van der Waals surface area contributed by atoms with Crippen LogP contribution in [0.15, 0.2) is 24.3 Å². The van der Waals surface area contributed by atoms with Gasteiger partial charge in [-0.1, -0.05) is 43.6 Å². The molecule has 0 spiro atoms. The third-order valence-electron chi connectivity index (χ3n) is 2.83. The summed E-state index contributed by atoms with van der Waals surface area (Å²) in [4.78, 5) is 15.8. The lowest BCUT2D eigenvalue weighted by atomic mass is 9.99. The van der Waals surface area contributed by atoms with E-state index in [1.165, 1.54) is 6.92 Å². The number of halogens is 1. The number of nitrogens with zero attached hydrogens (tertiary/aromatic N) is 1. The van der Waals surface area contributed by atoms with E-state index in [9.17, 15) is 4.79 Å². The van der Waals surface area contributed by atoms with Crippen molar-refractivity contribution in [2.45, 2.75) is 26.7 Å². The molecule has 2 aromatic rings. The number of aromatic nitrogens is 1. The third kappa shape index (κ3) is 2.18. The van der Waals surface area contributed by atoms with Crippen molar-refractivity contribution < 1.29 is 4.79 Å². The van der Waals surface area contributed by atoms with Crippen molar-refractivity contribution in [2.24, 2.45) is 0 Å². The van der Waals surface area contributed by atoms with Crippen molar-refractivity contribution in [3.05, 3.63) is 40.5 Å². The highest BCUT2D eigenvalue weighted by molar-refractivity contribution is 6.33. The Hall–Kier alpha value is -1.41. The van der Waals surface area contributed by atoms with E-state index in [0.717, 1.165) is 16.5 Å². The van der Waals surface area contributed by atoms with Crippen LogP contribution >= 0.6 is 11.6 Å². The van der Waals surface area contributed by atoms with Gasteiger partial charge in [0.25, 0.3) is 0 Å². The molecule has 0 atom stereocenters. The highest BCUT2D eigenvalue weighted by Crippen LogP contribution is 2.27. The van der Waals surface area contributed by atoms with Gasteiger partial charge in [-0.25, -0.2) is 4.98 Å². The summed E-state index contributed by atoms with van der Waals surface area (Å²) in [5, 5.41) is 1.25. The summed E-state index contributed by atoms with van der Waals surface area (Å²) in [6, 6.07) is 7.80. The molecular formula is C14H14ClNO. The second-order valence-electron chi connectivity index (χ2n) is 4.46. The van der Waals surface area contributed by atoms with Crippen molar-refractivity contribution in [2.75, 3.05) is 0 Å². The van der Waals surface area contributed by atoms with Crippen molar-refractivity contribution in [1.82, 2.24) is 4.98 Å². The Kier molecular flexibility index (Phi) is 3.16. The second kappa shape index (κ2) is 4.46. The number of pyridine rings is 1. The smallest absolute Gasteiger partial charge is 0.162 e. The number of Topliss-reactive ketones (excluding diaryl/α,β-unsaturated/α-hetero) is 1. The summed E-state index contributed by atoms with van der Waals surface area (Å²) in [7, 11) is 0. The monoisotopic (exact) mass is 247 g/mol. The molecule has 0 aliphatic rings. The lowest BCUT2D eigenvalue weighted by molar-refractivity contribution is 0.101. The van der Waals surface area contributed by atoms with Crippen molar-refractivity contribution in [1.29, 1.82) is 0 Å². The van der Waals surface area contributed by atoms with Gasteiger partial charge >= 0.3 is 0 Å². The van der Waals surface area contributed by atoms with Crippen LogP contribution in [0.1, 0.15) is 42.6 Å². The molecule has 1 aromatic carbocycles. The maximum absolute atomic E-state index is 11.4. The minimum atomic E-state index is -0.0562. The highest BCUT2D eigenvalue weighted by atomic mass is 35.5. The molecule has 88 valence electrons. The summed E-state index contributed by atoms with van der Waals surface area (Å²) in [6.07, 6.45) is 0. The van der Waals surface area contributed by atoms with Gasteiger partial charge in [0, 0.05) is 5.39 Å². The first kappa shape index (κ1) is 12.1. The Bertz CT molecular complexity index is 590. The molecule has 0 amide bonds. The molecule has 3 heteroatoms. The molecule has 0 aliphatic carbocycles. The van der Waals surface area contributed by atoms with Crippen LogP contribution in [-0.2, 0) is 0 Å². The van der Waals surface area contributed by atoms with E-state index in [1.807, 2.05) is 24.3 Å². The number of rotatable bonds is 2. The molecule has 17 heavy (non-hydrogen) atoms. The standard InChI is InChI=1S/C14H14ClNO/c1-8(2)11-6-4-5-10-7-12(9(3)17)14(15)16-13(10)11/h4-8H,1-3H3.